The molecule has 0 unspecified atom stereocenters. The van der Waals surface area contributed by atoms with E-state index in [1.54, 1.807) is 6.92 Å². The van der Waals surface area contributed by atoms with Gasteiger partial charge >= 0.3 is 36.6 Å². The average molecular weight is 356 g/mol. The summed E-state index contributed by atoms with van der Waals surface area (Å²) in [5.41, 5.74) is 0. The second-order valence-corrected chi connectivity index (χ2v) is 1.66. The van der Waals surface area contributed by atoms with E-state index in [2.05, 4.69) is 0 Å². The minimum atomic E-state index is -4.67. The second kappa shape index (κ2) is 8.71. The van der Waals surface area contributed by atoms with Crippen LogP contribution in [0.3, 0.4) is 0 Å². The molecule has 0 aromatic heterocycles. The first kappa shape index (κ1) is 16.4. The van der Waals surface area contributed by atoms with E-state index in [1.807, 2.05) is 0 Å². The van der Waals surface area contributed by atoms with Crippen LogP contribution in [0.4, 0.5) is 0 Å². The Labute approximate surface area is 72.8 Å². The van der Waals surface area contributed by atoms with Gasteiger partial charge < -0.3 is 5.11 Å². The summed E-state index contributed by atoms with van der Waals surface area (Å²) in [6, 6.07) is 0. The van der Waals surface area contributed by atoms with Gasteiger partial charge in [-0.15, -0.1) is 0 Å². The van der Waals surface area contributed by atoms with Gasteiger partial charge in [0.25, 0.3) is 0 Å². The van der Waals surface area contributed by atoms with E-state index in [9.17, 15) is 0 Å². The van der Waals surface area contributed by atoms with Gasteiger partial charge in [-0.1, -0.05) is 0 Å². The van der Waals surface area contributed by atoms with E-state index >= 15 is 0 Å². The minimum absolute atomic E-state index is 0. The third-order valence-corrected chi connectivity index (χ3v) is 0. The first-order chi connectivity index (χ1) is 3.41. The Balaban J connectivity index is -0.0000000800. The SMILES string of the molecule is CCO.O=S(=O)(O)O.[BiH3]. The van der Waals surface area contributed by atoms with Gasteiger partial charge in [-0.05, 0) is 6.92 Å². The standard InChI is InChI=1S/C2H6O.Bi.H2O4S.3H/c1-2-3;;1-5(2,3)4;;;/h3H,2H2,1H3;;(H2,1,2,3,4);;;. The fourth-order valence-electron chi connectivity index (χ4n) is 0. The van der Waals surface area contributed by atoms with Gasteiger partial charge in [0.1, 0.15) is 0 Å². The number of aliphatic hydroxyl groups is 1. The number of rotatable bonds is 0. The molecule has 0 saturated heterocycles. The topological polar surface area (TPSA) is 94.8 Å². The molecule has 0 fully saturated rings. The van der Waals surface area contributed by atoms with E-state index in [0.29, 0.717) is 0 Å². The predicted octanol–water partition coefficient (Wildman–Crippen LogP) is -1.84. The Kier molecular flexibility index (Phi) is 15.8. The molecule has 0 bridgehead atoms. The zero-order chi connectivity index (χ0) is 7.21. The third-order valence-electron chi connectivity index (χ3n) is 0. The van der Waals surface area contributed by atoms with Crippen molar-refractivity contribution >= 4 is 36.6 Å². The average Bonchev–Trinajstić information content (AvgIpc) is 1.27. The molecule has 0 spiro atoms. The predicted molar refractivity (Wildman–Crippen MR) is 36.9 cm³/mol. The molecule has 0 saturated carbocycles. The van der Waals surface area contributed by atoms with Crippen LogP contribution in [0.1, 0.15) is 6.92 Å². The summed E-state index contributed by atoms with van der Waals surface area (Å²) in [6.07, 6.45) is 0. The van der Waals surface area contributed by atoms with Gasteiger partial charge in [-0.2, -0.15) is 8.42 Å². The Hall–Kier alpha value is 0.713. The van der Waals surface area contributed by atoms with E-state index in [4.69, 9.17) is 22.6 Å². The molecule has 0 aromatic rings. The normalized spacial score (nSPS) is 8.44. The molecule has 0 atom stereocenters. The van der Waals surface area contributed by atoms with E-state index in [1.165, 1.54) is 0 Å². The molecular formula is C2H11BiO5S. The molecule has 7 heteroatoms. The third kappa shape index (κ3) is 772. The van der Waals surface area contributed by atoms with Gasteiger partial charge in [0.2, 0.25) is 0 Å². The van der Waals surface area contributed by atoms with Crippen LogP contribution < -0.4 is 0 Å². The summed E-state index contributed by atoms with van der Waals surface area (Å²) in [4.78, 5) is 0. The van der Waals surface area contributed by atoms with Crippen molar-refractivity contribution in [2.75, 3.05) is 6.61 Å². The molecule has 0 radical (unpaired) electrons. The molecule has 0 heterocycles. The quantitative estimate of drug-likeness (QED) is 0.350. The molecule has 60 valence electrons. The molecule has 0 rings (SSSR count). The molecule has 0 aliphatic carbocycles. The van der Waals surface area contributed by atoms with Crippen LogP contribution in [0, 0.1) is 0 Å². The van der Waals surface area contributed by atoms with Crippen molar-refractivity contribution in [1.82, 2.24) is 0 Å². The van der Waals surface area contributed by atoms with Crippen LogP contribution >= 0.6 is 0 Å². The molecular weight excluding hydrogens is 345 g/mol. The van der Waals surface area contributed by atoms with Gasteiger partial charge in [0.15, 0.2) is 0 Å². The summed E-state index contributed by atoms with van der Waals surface area (Å²) in [7, 11) is -4.67. The summed E-state index contributed by atoms with van der Waals surface area (Å²) >= 11 is 0. The maximum absolute atomic E-state index is 8.74. The molecule has 0 aromatic carbocycles. The Bertz CT molecular complexity index is 109. The fraction of sp³-hybridized carbons (Fsp3) is 1.00. The first-order valence-electron chi connectivity index (χ1n) is 1.72. The number of hydrogen-bond acceptors (Lipinski definition) is 3. The summed E-state index contributed by atoms with van der Waals surface area (Å²) in [5, 5.41) is 7.57. The van der Waals surface area contributed by atoms with Crippen molar-refractivity contribution in [3.8, 4) is 0 Å². The molecule has 5 nitrogen and oxygen atoms in total. The van der Waals surface area contributed by atoms with Crippen LogP contribution in [0.15, 0.2) is 0 Å². The van der Waals surface area contributed by atoms with Gasteiger partial charge in [0.05, 0.1) is 0 Å². The van der Waals surface area contributed by atoms with Crippen molar-refractivity contribution < 1.29 is 22.6 Å². The number of aliphatic hydroxyl groups excluding tert-OH is 1. The van der Waals surface area contributed by atoms with Crippen molar-refractivity contribution in [2.24, 2.45) is 0 Å². The summed E-state index contributed by atoms with van der Waals surface area (Å²) in [5.74, 6) is 0. The maximum atomic E-state index is 8.74. The molecule has 0 amide bonds. The van der Waals surface area contributed by atoms with E-state index in [0.717, 1.165) is 0 Å². The Morgan fingerprint density at radius 3 is 1.33 bits per heavy atom. The van der Waals surface area contributed by atoms with Crippen molar-refractivity contribution in [3.05, 3.63) is 0 Å². The van der Waals surface area contributed by atoms with Crippen LogP contribution in [0.5, 0.6) is 0 Å². The summed E-state index contributed by atoms with van der Waals surface area (Å²) in [6.45, 7) is 1.93. The zero-order valence-corrected chi connectivity index (χ0v) is 11.3. The van der Waals surface area contributed by atoms with E-state index in [-0.39, 0.29) is 32.8 Å². The van der Waals surface area contributed by atoms with Crippen molar-refractivity contribution in [2.45, 2.75) is 6.92 Å². The Morgan fingerprint density at radius 1 is 1.33 bits per heavy atom. The van der Waals surface area contributed by atoms with Crippen molar-refractivity contribution in [1.29, 1.82) is 0 Å². The van der Waals surface area contributed by atoms with E-state index < -0.39 is 10.4 Å². The zero-order valence-electron chi connectivity index (χ0n) is 4.98. The van der Waals surface area contributed by atoms with Gasteiger partial charge in [0, 0.05) is 6.61 Å². The van der Waals surface area contributed by atoms with Gasteiger partial charge in [-0.25, -0.2) is 0 Å². The molecule has 0 aliphatic rings. The summed E-state index contributed by atoms with van der Waals surface area (Å²) < 4.78 is 31.6. The number of hydrogen-bond donors (Lipinski definition) is 3. The first-order valence-corrected chi connectivity index (χ1v) is 3.12. The fourth-order valence-corrected chi connectivity index (χ4v) is 0. The van der Waals surface area contributed by atoms with Crippen molar-refractivity contribution in [3.63, 3.8) is 0 Å². The van der Waals surface area contributed by atoms with Crippen LogP contribution in [-0.2, 0) is 10.4 Å². The molecule has 9 heavy (non-hydrogen) atoms. The van der Waals surface area contributed by atoms with Crippen LogP contribution in [0.25, 0.3) is 0 Å². The van der Waals surface area contributed by atoms with Crippen LogP contribution in [0.2, 0.25) is 0 Å². The van der Waals surface area contributed by atoms with Gasteiger partial charge in [-0.3, -0.25) is 9.11 Å². The monoisotopic (exact) mass is 356 g/mol. The second-order valence-electron chi connectivity index (χ2n) is 0.764. The van der Waals surface area contributed by atoms with Crippen LogP contribution in [-0.4, -0.2) is 55.4 Å². The Morgan fingerprint density at radius 2 is 1.33 bits per heavy atom. The molecule has 0 aliphatic heterocycles. The molecule has 3 N–H and O–H groups in total.